The number of methoxy groups -OCH3 is 1. The molecule has 1 amide bonds. The number of aromatic nitrogens is 6. The van der Waals surface area contributed by atoms with E-state index in [2.05, 4.69) is 30.9 Å². The van der Waals surface area contributed by atoms with Crippen LogP contribution < -0.4 is 5.32 Å². The van der Waals surface area contributed by atoms with E-state index in [1.54, 1.807) is 14.2 Å². The molecule has 0 saturated heterocycles. The summed E-state index contributed by atoms with van der Waals surface area (Å²) in [7, 11) is 3.19. The van der Waals surface area contributed by atoms with Gasteiger partial charge in [0, 0.05) is 12.7 Å². The van der Waals surface area contributed by atoms with E-state index in [1.807, 2.05) is 18.2 Å². The summed E-state index contributed by atoms with van der Waals surface area (Å²) in [4.78, 5) is 17.8. The summed E-state index contributed by atoms with van der Waals surface area (Å²) in [5.41, 5.74) is 3.10. The second-order valence-corrected chi connectivity index (χ2v) is 6.03. The number of ether oxygens (including phenoxy) is 1. The van der Waals surface area contributed by atoms with Crippen LogP contribution >= 0.6 is 0 Å². The van der Waals surface area contributed by atoms with Gasteiger partial charge in [-0.05, 0) is 35.2 Å². The quantitative estimate of drug-likeness (QED) is 0.714. The van der Waals surface area contributed by atoms with Gasteiger partial charge < -0.3 is 14.6 Å². The lowest BCUT2D eigenvalue weighted by molar-refractivity contribution is 0.0926. The molecule has 3 aromatic rings. The third-order valence-corrected chi connectivity index (χ3v) is 4.23. The molecule has 134 valence electrons. The van der Waals surface area contributed by atoms with Crippen LogP contribution in [0.3, 0.4) is 0 Å². The monoisotopic (exact) mass is 355 g/mol. The van der Waals surface area contributed by atoms with Crippen LogP contribution in [-0.4, -0.2) is 43.4 Å². The Labute approximate surface area is 148 Å². The third-order valence-electron chi connectivity index (χ3n) is 4.23. The molecule has 0 fully saturated rings. The maximum atomic E-state index is 12.2. The molecule has 1 atom stereocenters. The van der Waals surface area contributed by atoms with Crippen molar-refractivity contribution in [1.82, 2.24) is 35.7 Å². The van der Waals surface area contributed by atoms with Gasteiger partial charge in [0.25, 0.3) is 17.6 Å². The molecule has 26 heavy (non-hydrogen) atoms. The summed E-state index contributed by atoms with van der Waals surface area (Å²) in [5, 5.41) is 18.3. The molecule has 1 aliphatic rings. The Morgan fingerprint density at radius 2 is 2.35 bits per heavy atom. The highest BCUT2D eigenvalue weighted by Gasteiger charge is 2.26. The number of fused-ring (bicyclic) bond motifs is 1. The van der Waals surface area contributed by atoms with Gasteiger partial charge in [-0.2, -0.15) is 9.78 Å². The molecule has 10 nitrogen and oxygen atoms in total. The first-order valence-electron chi connectivity index (χ1n) is 8.13. The third kappa shape index (κ3) is 3.06. The minimum absolute atomic E-state index is 0.0649. The Morgan fingerprint density at radius 1 is 1.46 bits per heavy atom. The van der Waals surface area contributed by atoms with Crippen LogP contribution in [0.5, 0.6) is 0 Å². The number of benzene rings is 1. The number of amides is 1. The fourth-order valence-corrected chi connectivity index (χ4v) is 3.06. The first-order valence-corrected chi connectivity index (χ1v) is 8.13. The summed E-state index contributed by atoms with van der Waals surface area (Å²) in [6, 6.07) is 5.86. The molecule has 2 heterocycles. The lowest BCUT2D eigenvalue weighted by Crippen LogP contribution is -2.28. The number of hydrogen-bond donors (Lipinski definition) is 1. The summed E-state index contributed by atoms with van der Waals surface area (Å²) in [6.07, 6.45) is 1.66. The zero-order chi connectivity index (χ0) is 18.1. The standard InChI is InChI=1S/C16H17N7O3/c1-23-20-15(19-22-23)16(24)17-12-6-4-9-7-10(3-5-11(9)12)14-18-13(8-25-2)26-21-14/h3,5,7,12H,4,6,8H2,1-2H3,(H,17,24)/t12-/m1/s1. The highest BCUT2D eigenvalue weighted by Crippen LogP contribution is 2.33. The van der Waals surface area contributed by atoms with E-state index in [4.69, 9.17) is 9.26 Å². The van der Waals surface area contributed by atoms with E-state index in [-0.39, 0.29) is 24.4 Å². The number of aryl methyl sites for hydroxylation is 2. The average Bonchev–Trinajstić information content (AvgIpc) is 3.35. The summed E-state index contributed by atoms with van der Waals surface area (Å²) < 4.78 is 10.1. The van der Waals surface area contributed by atoms with Gasteiger partial charge in [-0.3, -0.25) is 4.79 Å². The number of carbonyl (C=O) groups is 1. The molecule has 2 aromatic heterocycles. The maximum absolute atomic E-state index is 12.2. The van der Waals surface area contributed by atoms with Crippen molar-refractivity contribution in [2.45, 2.75) is 25.5 Å². The van der Waals surface area contributed by atoms with Crippen LogP contribution in [0.25, 0.3) is 11.4 Å². The zero-order valence-electron chi connectivity index (χ0n) is 14.3. The highest BCUT2D eigenvalue weighted by molar-refractivity contribution is 5.90. The largest absolute Gasteiger partial charge is 0.375 e. The van der Waals surface area contributed by atoms with Crippen molar-refractivity contribution in [1.29, 1.82) is 0 Å². The lowest BCUT2D eigenvalue weighted by Gasteiger charge is -2.12. The molecule has 10 heteroatoms. The average molecular weight is 355 g/mol. The molecule has 4 rings (SSSR count). The number of nitrogens with one attached hydrogen (secondary N) is 1. The Balaban J connectivity index is 1.51. The van der Waals surface area contributed by atoms with Gasteiger partial charge in [-0.25, -0.2) is 0 Å². The van der Waals surface area contributed by atoms with Gasteiger partial charge in [0.2, 0.25) is 5.82 Å². The van der Waals surface area contributed by atoms with Crippen molar-refractivity contribution in [3.63, 3.8) is 0 Å². The number of rotatable bonds is 5. The Morgan fingerprint density at radius 3 is 3.12 bits per heavy atom. The van der Waals surface area contributed by atoms with Gasteiger partial charge in [0.15, 0.2) is 0 Å². The van der Waals surface area contributed by atoms with Crippen molar-refractivity contribution in [2.75, 3.05) is 7.11 Å². The molecule has 0 saturated carbocycles. The molecule has 1 aromatic carbocycles. The van der Waals surface area contributed by atoms with Gasteiger partial charge in [0.05, 0.1) is 13.1 Å². The van der Waals surface area contributed by atoms with E-state index >= 15 is 0 Å². The van der Waals surface area contributed by atoms with E-state index in [0.29, 0.717) is 11.7 Å². The van der Waals surface area contributed by atoms with Crippen molar-refractivity contribution in [3.8, 4) is 11.4 Å². The molecule has 0 radical (unpaired) electrons. The van der Waals surface area contributed by atoms with Crippen LogP contribution in [0.2, 0.25) is 0 Å². The van der Waals surface area contributed by atoms with Gasteiger partial charge >= 0.3 is 0 Å². The SMILES string of the molecule is COCc1nc(-c2ccc3c(c2)CC[C@H]3NC(=O)c2nnn(C)n2)no1. The van der Waals surface area contributed by atoms with E-state index < -0.39 is 0 Å². The maximum Gasteiger partial charge on any atom is 0.293 e. The number of tetrazole rings is 1. The zero-order valence-corrected chi connectivity index (χ0v) is 14.3. The predicted octanol–water partition coefficient (Wildman–Crippen LogP) is 0.824. The molecule has 1 N–H and O–H groups in total. The second kappa shape index (κ2) is 6.64. The van der Waals surface area contributed by atoms with Crippen molar-refractivity contribution < 1.29 is 14.1 Å². The van der Waals surface area contributed by atoms with Gasteiger partial charge in [-0.15, -0.1) is 10.2 Å². The van der Waals surface area contributed by atoms with Crippen LogP contribution in [0.15, 0.2) is 22.7 Å². The number of nitrogens with zero attached hydrogens (tertiary/aromatic N) is 6. The normalized spacial score (nSPS) is 15.8. The highest BCUT2D eigenvalue weighted by atomic mass is 16.5. The molecule has 0 unspecified atom stereocenters. The molecule has 0 bridgehead atoms. The first-order chi connectivity index (χ1) is 12.6. The molecule has 0 aliphatic heterocycles. The minimum atomic E-state index is -0.331. The van der Waals surface area contributed by atoms with Crippen LogP contribution in [0.4, 0.5) is 0 Å². The van der Waals surface area contributed by atoms with Crippen molar-refractivity contribution >= 4 is 5.91 Å². The van der Waals surface area contributed by atoms with Crippen molar-refractivity contribution in [2.24, 2.45) is 7.05 Å². The molecular formula is C16H17N7O3. The van der Waals surface area contributed by atoms with Gasteiger partial charge in [-0.1, -0.05) is 17.3 Å². The summed E-state index contributed by atoms with van der Waals surface area (Å²) in [6.45, 7) is 0.280. The smallest absolute Gasteiger partial charge is 0.293 e. The van der Waals surface area contributed by atoms with Crippen molar-refractivity contribution in [3.05, 3.63) is 41.0 Å². The lowest BCUT2D eigenvalue weighted by atomic mass is 10.0. The Hall–Kier alpha value is -3.14. The predicted molar refractivity (Wildman–Crippen MR) is 87.8 cm³/mol. The Kier molecular flexibility index (Phi) is 4.17. The number of hydrogen-bond acceptors (Lipinski definition) is 8. The van der Waals surface area contributed by atoms with E-state index in [9.17, 15) is 4.79 Å². The van der Waals surface area contributed by atoms with Crippen LogP contribution in [0, 0.1) is 0 Å². The fourth-order valence-electron chi connectivity index (χ4n) is 3.06. The van der Waals surface area contributed by atoms with Crippen LogP contribution in [-0.2, 0) is 24.8 Å². The topological polar surface area (TPSA) is 121 Å². The molecule has 1 aliphatic carbocycles. The first kappa shape index (κ1) is 16.3. The Bertz CT molecular complexity index is 949. The van der Waals surface area contributed by atoms with E-state index in [0.717, 1.165) is 29.5 Å². The fraction of sp³-hybridized carbons (Fsp3) is 0.375. The molecule has 0 spiro atoms. The van der Waals surface area contributed by atoms with Gasteiger partial charge in [0.1, 0.15) is 6.61 Å². The van der Waals surface area contributed by atoms with E-state index in [1.165, 1.54) is 4.80 Å². The number of carbonyl (C=O) groups excluding carboxylic acids is 1. The second-order valence-electron chi connectivity index (χ2n) is 6.03. The minimum Gasteiger partial charge on any atom is -0.375 e. The van der Waals surface area contributed by atoms with Crippen LogP contribution in [0.1, 0.15) is 40.1 Å². The summed E-state index contributed by atoms with van der Waals surface area (Å²) in [5.74, 6) is 0.693. The summed E-state index contributed by atoms with van der Waals surface area (Å²) >= 11 is 0. The molecular weight excluding hydrogens is 338 g/mol.